The number of halogens is 1. The van der Waals surface area contributed by atoms with Crippen LogP contribution < -0.4 is 14.9 Å². The minimum atomic E-state index is -3.42. The van der Waals surface area contributed by atoms with Gasteiger partial charge in [0.15, 0.2) is 5.96 Å². The zero-order valence-corrected chi connectivity index (χ0v) is 16.9. The maximum atomic E-state index is 13.6. The second kappa shape index (κ2) is 8.60. The first kappa shape index (κ1) is 20.1. The van der Waals surface area contributed by atoms with Crippen molar-refractivity contribution < 1.29 is 12.8 Å². The van der Waals surface area contributed by atoms with E-state index in [1.54, 1.807) is 20.0 Å². The van der Waals surface area contributed by atoms with Gasteiger partial charge in [0.2, 0.25) is 10.0 Å². The van der Waals surface area contributed by atoms with E-state index in [0.717, 1.165) is 23.2 Å². The van der Waals surface area contributed by atoms with Crippen LogP contribution in [-0.2, 0) is 23.0 Å². The Morgan fingerprint density at radius 3 is 2.75 bits per heavy atom. The lowest BCUT2D eigenvalue weighted by molar-refractivity contribution is 0.590. The van der Waals surface area contributed by atoms with Gasteiger partial charge in [0, 0.05) is 26.7 Å². The number of aliphatic imine (C=N–C) groups is 1. The van der Waals surface area contributed by atoms with Crippen molar-refractivity contribution in [2.24, 2.45) is 4.99 Å². The first-order chi connectivity index (χ1) is 13.4. The largest absolute Gasteiger partial charge is 0.355 e. The van der Waals surface area contributed by atoms with Gasteiger partial charge in [0.25, 0.3) is 0 Å². The van der Waals surface area contributed by atoms with Gasteiger partial charge in [0.05, 0.1) is 11.4 Å². The molecule has 2 N–H and O–H groups in total. The van der Waals surface area contributed by atoms with Crippen LogP contribution in [0.1, 0.15) is 16.7 Å². The van der Waals surface area contributed by atoms with Crippen LogP contribution in [0, 0.1) is 12.7 Å². The monoisotopic (exact) mass is 404 g/mol. The fourth-order valence-electron chi connectivity index (χ4n) is 3.16. The predicted molar refractivity (Wildman–Crippen MR) is 111 cm³/mol. The van der Waals surface area contributed by atoms with Crippen LogP contribution in [0.2, 0.25) is 0 Å². The Morgan fingerprint density at radius 2 is 2.00 bits per heavy atom. The molecule has 0 amide bonds. The normalized spacial score (nSPS) is 14.1. The molecule has 0 bridgehead atoms. The molecule has 0 spiro atoms. The highest BCUT2D eigenvalue weighted by atomic mass is 32.2. The van der Waals surface area contributed by atoms with Crippen molar-refractivity contribution in [1.29, 1.82) is 0 Å². The summed E-state index contributed by atoms with van der Waals surface area (Å²) in [5.74, 6) is 0.179. The minimum absolute atomic E-state index is 0.0405. The summed E-state index contributed by atoms with van der Waals surface area (Å²) in [6.07, 6.45) is 0.735. The van der Waals surface area contributed by atoms with E-state index in [2.05, 4.69) is 15.6 Å². The lowest BCUT2D eigenvalue weighted by Gasteiger charge is -2.20. The summed E-state index contributed by atoms with van der Waals surface area (Å²) in [4.78, 5) is 4.09. The molecule has 0 aliphatic carbocycles. The van der Waals surface area contributed by atoms with Crippen molar-refractivity contribution in [3.63, 3.8) is 0 Å². The predicted octanol–water partition coefficient (Wildman–Crippen LogP) is 2.19. The van der Waals surface area contributed by atoms with Crippen molar-refractivity contribution in [3.8, 4) is 0 Å². The Bertz CT molecular complexity index is 976. The first-order valence-corrected chi connectivity index (χ1v) is 10.8. The molecule has 1 heterocycles. The molecule has 1 aliphatic rings. The average molecular weight is 405 g/mol. The maximum absolute atomic E-state index is 13.6. The van der Waals surface area contributed by atoms with E-state index in [0.29, 0.717) is 24.6 Å². The molecule has 0 aromatic heterocycles. The van der Waals surface area contributed by atoms with Crippen LogP contribution in [0.25, 0.3) is 0 Å². The van der Waals surface area contributed by atoms with Gasteiger partial charge in [-0.3, -0.25) is 9.30 Å². The summed E-state index contributed by atoms with van der Waals surface area (Å²) in [6.45, 7) is 2.81. The number of aryl methyl sites for hydroxylation is 1. The van der Waals surface area contributed by atoms with Crippen LogP contribution in [0.15, 0.2) is 47.5 Å². The number of para-hydroxylation sites is 1. The van der Waals surface area contributed by atoms with Crippen molar-refractivity contribution in [2.75, 3.05) is 30.2 Å². The molecule has 0 unspecified atom stereocenters. The van der Waals surface area contributed by atoms with Crippen LogP contribution in [0.4, 0.5) is 10.1 Å². The van der Waals surface area contributed by atoms with Crippen LogP contribution in [0.3, 0.4) is 0 Å². The number of fused-ring (bicyclic) bond motifs is 1. The number of hydrogen-bond donors (Lipinski definition) is 2. The number of nitrogens with one attached hydrogen (secondary N) is 2. The number of rotatable bonds is 6. The van der Waals surface area contributed by atoms with E-state index in [1.807, 2.05) is 30.3 Å². The highest BCUT2D eigenvalue weighted by Gasteiger charge is 2.28. The van der Waals surface area contributed by atoms with Gasteiger partial charge in [-0.05, 0) is 42.2 Å². The van der Waals surface area contributed by atoms with Gasteiger partial charge in [-0.1, -0.05) is 30.3 Å². The van der Waals surface area contributed by atoms with Gasteiger partial charge in [0.1, 0.15) is 5.82 Å². The van der Waals surface area contributed by atoms with E-state index in [4.69, 9.17) is 0 Å². The van der Waals surface area contributed by atoms with Crippen molar-refractivity contribution in [2.45, 2.75) is 19.9 Å². The van der Waals surface area contributed by atoms with E-state index in [-0.39, 0.29) is 18.1 Å². The second-order valence-corrected chi connectivity index (χ2v) is 8.72. The maximum Gasteiger partial charge on any atom is 0.236 e. The van der Waals surface area contributed by atoms with Gasteiger partial charge >= 0.3 is 0 Å². The Balaban J connectivity index is 1.52. The van der Waals surface area contributed by atoms with Crippen molar-refractivity contribution in [3.05, 3.63) is 65.0 Å². The van der Waals surface area contributed by atoms with Crippen molar-refractivity contribution >= 4 is 21.7 Å². The summed E-state index contributed by atoms with van der Waals surface area (Å²) in [6, 6.07) is 12.6. The van der Waals surface area contributed by atoms with E-state index in [1.165, 1.54) is 10.4 Å². The molecule has 2 aromatic rings. The van der Waals surface area contributed by atoms with E-state index in [9.17, 15) is 12.8 Å². The molecule has 0 radical (unpaired) electrons. The molecule has 1 aliphatic heterocycles. The van der Waals surface area contributed by atoms with Crippen LogP contribution >= 0.6 is 0 Å². The molecule has 0 saturated heterocycles. The summed E-state index contributed by atoms with van der Waals surface area (Å²) in [7, 11) is -1.81. The quantitative estimate of drug-likeness (QED) is 0.572. The summed E-state index contributed by atoms with van der Waals surface area (Å²) in [5.41, 5.74) is 3.21. The molecule has 0 saturated carbocycles. The molecule has 28 heavy (non-hydrogen) atoms. The average Bonchev–Trinajstić information content (AvgIpc) is 3.12. The van der Waals surface area contributed by atoms with Crippen LogP contribution in [-0.4, -0.2) is 40.3 Å². The van der Waals surface area contributed by atoms with Crippen LogP contribution in [0.5, 0.6) is 0 Å². The molecule has 3 rings (SSSR count). The third-order valence-corrected chi connectivity index (χ3v) is 6.52. The smallest absolute Gasteiger partial charge is 0.236 e. The summed E-state index contributed by atoms with van der Waals surface area (Å²) in [5, 5.41) is 6.08. The van der Waals surface area contributed by atoms with Crippen molar-refractivity contribution in [1.82, 2.24) is 10.6 Å². The fraction of sp³-hybridized carbons (Fsp3) is 0.350. The number of sulfonamides is 1. The Labute approximate surface area is 165 Å². The number of hydrogen-bond acceptors (Lipinski definition) is 3. The number of benzene rings is 2. The molecule has 8 heteroatoms. The molecular formula is C20H25FN4O2S. The van der Waals surface area contributed by atoms with Gasteiger partial charge in [-0.2, -0.15) is 0 Å². The molecule has 0 atom stereocenters. The number of anilines is 1. The standard InChI is InChI=1S/C20H25FN4O2S/c1-15-7-8-16(13-18(15)21)14-24-20(22-2)23-10-12-28(26,27)25-11-9-17-5-3-4-6-19(17)25/h3-8,13H,9-12,14H2,1-2H3,(H2,22,23,24). The SMILES string of the molecule is CN=C(NCCS(=O)(=O)N1CCc2ccccc21)NCc1ccc(C)c(F)c1. The summed E-state index contributed by atoms with van der Waals surface area (Å²) < 4.78 is 40.5. The molecule has 0 fully saturated rings. The molecular weight excluding hydrogens is 379 g/mol. The van der Waals surface area contributed by atoms with Gasteiger partial charge in [-0.25, -0.2) is 12.8 Å². The Hall–Kier alpha value is -2.61. The third-order valence-electron chi connectivity index (χ3n) is 4.75. The third kappa shape index (κ3) is 4.62. The second-order valence-electron chi connectivity index (χ2n) is 6.70. The zero-order valence-electron chi connectivity index (χ0n) is 16.1. The fourth-order valence-corrected chi connectivity index (χ4v) is 4.59. The van der Waals surface area contributed by atoms with E-state index >= 15 is 0 Å². The highest BCUT2D eigenvalue weighted by Crippen LogP contribution is 2.29. The number of nitrogens with zero attached hydrogens (tertiary/aromatic N) is 2. The first-order valence-electron chi connectivity index (χ1n) is 9.18. The van der Waals surface area contributed by atoms with Gasteiger partial charge < -0.3 is 10.6 Å². The summed E-state index contributed by atoms with van der Waals surface area (Å²) >= 11 is 0. The molecule has 6 nitrogen and oxygen atoms in total. The lowest BCUT2D eigenvalue weighted by atomic mass is 10.1. The highest BCUT2D eigenvalue weighted by molar-refractivity contribution is 7.92. The Morgan fingerprint density at radius 1 is 1.21 bits per heavy atom. The Kier molecular flexibility index (Phi) is 6.18. The topological polar surface area (TPSA) is 73.8 Å². The van der Waals surface area contributed by atoms with E-state index < -0.39 is 10.0 Å². The number of guanidine groups is 1. The molecule has 2 aromatic carbocycles. The minimum Gasteiger partial charge on any atom is -0.355 e. The van der Waals surface area contributed by atoms with Gasteiger partial charge in [-0.15, -0.1) is 0 Å². The zero-order chi connectivity index (χ0) is 20.1. The molecule has 150 valence electrons. The lowest BCUT2D eigenvalue weighted by Crippen LogP contribution is -2.41.